The molecule has 0 atom stereocenters. The maximum absolute atomic E-state index is 11.7. The SMILES string of the molecule is COC(=O)c1cccc2nc3cccc(Br)c3nc12. The van der Waals surface area contributed by atoms with Gasteiger partial charge in [-0.3, -0.25) is 0 Å². The summed E-state index contributed by atoms with van der Waals surface area (Å²) in [6.45, 7) is 0. The molecule has 0 unspecified atom stereocenters. The lowest BCUT2D eigenvalue weighted by Crippen LogP contribution is -2.03. The molecule has 1 aromatic heterocycles. The summed E-state index contributed by atoms with van der Waals surface area (Å²) in [5, 5.41) is 0. The van der Waals surface area contributed by atoms with E-state index in [1.807, 2.05) is 24.3 Å². The second-order valence-electron chi connectivity index (χ2n) is 4.00. The highest BCUT2D eigenvalue weighted by Crippen LogP contribution is 2.24. The largest absolute Gasteiger partial charge is 0.465 e. The first-order chi connectivity index (χ1) is 9.20. The zero-order valence-corrected chi connectivity index (χ0v) is 11.6. The Bertz CT molecular complexity index is 802. The van der Waals surface area contributed by atoms with Crippen molar-refractivity contribution in [2.24, 2.45) is 0 Å². The van der Waals surface area contributed by atoms with Gasteiger partial charge >= 0.3 is 5.97 Å². The van der Waals surface area contributed by atoms with E-state index in [9.17, 15) is 4.79 Å². The van der Waals surface area contributed by atoms with Crippen LogP contribution in [0.4, 0.5) is 0 Å². The number of esters is 1. The standard InChI is InChI=1S/C14H9BrN2O2/c1-19-14(18)8-4-2-6-10-12(8)17-13-9(15)5-3-7-11(13)16-10/h2-7H,1H3. The summed E-state index contributed by atoms with van der Waals surface area (Å²) in [5.41, 5.74) is 3.16. The highest BCUT2D eigenvalue weighted by molar-refractivity contribution is 9.10. The molecule has 0 saturated heterocycles. The zero-order valence-electron chi connectivity index (χ0n) is 10.1. The van der Waals surface area contributed by atoms with E-state index in [0.29, 0.717) is 16.6 Å². The van der Waals surface area contributed by atoms with Crippen molar-refractivity contribution in [3.8, 4) is 0 Å². The minimum Gasteiger partial charge on any atom is -0.465 e. The van der Waals surface area contributed by atoms with Crippen molar-refractivity contribution in [2.45, 2.75) is 0 Å². The number of hydrogen-bond acceptors (Lipinski definition) is 4. The van der Waals surface area contributed by atoms with Gasteiger partial charge in [-0.25, -0.2) is 14.8 Å². The number of carbonyl (C=O) groups is 1. The second-order valence-corrected chi connectivity index (χ2v) is 4.85. The lowest BCUT2D eigenvalue weighted by Gasteiger charge is -2.06. The van der Waals surface area contributed by atoms with Crippen molar-refractivity contribution in [1.82, 2.24) is 9.97 Å². The van der Waals surface area contributed by atoms with Gasteiger partial charge in [0.1, 0.15) is 11.0 Å². The third-order valence-electron chi connectivity index (χ3n) is 2.85. The van der Waals surface area contributed by atoms with Gasteiger partial charge in [-0.1, -0.05) is 12.1 Å². The maximum Gasteiger partial charge on any atom is 0.340 e. The Kier molecular flexibility index (Phi) is 2.91. The first-order valence-corrected chi connectivity index (χ1v) is 6.43. The Morgan fingerprint density at radius 2 is 1.74 bits per heavy atom. The van der Waals surface area contributed by atoms with Crippen LogP contribution in [0.2, 0.25) is 0 Å². The molecule has 0 N–H and O–H groups in total. The summed E-state index contributed by atoms with van der Waals surface area (Å²) in [4.78, 5) is 20.8. The van der Waals surface area contributed by atoms with Gasteiger partial charge in [-0.15, -0.1) is 0 Å². The predicted octanol–water partition coefficient (Wildman–Crippen LogP) is 3.33. The van der Waals surface area contributed by atoms with Gasteiger partial charge in [0.15, 0.2) is 0 Å². The van der Waals surface area contributed by atoms with Crippen LogP contribution in [0.15, 0.2) is 40.9 Å². The third-order valence-corrected chi connectivity index (χ3v) is 3.49. The molecule has 94 valence electrons. The van der Waals surface area contributed by atoms with Crippen LogP contribution in [0, 0.1) is 0 Å². The molecule has 0 bridgehead atoms. The molecule has 0 amide bonds. The molecule has 0 spiro atoms. The molecule has 3 aromatic rings. The monoisotopic (exact) mass is 316 g/mol. The molecule has 19 heavy (non-hydrogen) atoms. The molecule has 0 aliphatic rings. The summed E-state index contributed by atoms with van der Waals surface area (Å²) in [6, 6.07) is 11.0. The molecule has 0 fully saturated rings. The average molecular weight is 317 g/mol. The summed E-state index contributed by atoms with van der Waals surface area (Å²) < 4.78 is 5.61. The van der Waals surface area contributed by atoms with Crippen LogP contribution in [0.1, 0.15) is 10.4 Å². The molecule has 1 heterocycles. The first kappa shape index (κ1) is 12.0. The van der Waals surface area contributed by atoms with Crippen LogP contribution >= 0.6 is 15.9 Å². The molecule has 0 radical (unpaired) electrons. The van der Waals surface area contributed by atoms with Gasteiger partial charge in [0, 0.05) is 4.47 Å². The fourth-order valence-corrected chi connectivity index (χ4v) is 2.40. The third kappa shape index (κ3) is 1.96. The van der Waals surface area contributed by atoms with E-state index in [1.54, 1.807) is 12.1 Å². The quantitative estimate of drug-likeness (QED) is 0.510. The number of nitrogens with zero attached hydrogens (tertiary/aromatic N) is 2. The van der Waals surface area contributed by atoms with Gasteiger partial charge in [-0.2, -0.15) is 0 Å². The number of hydrogen-bond donors (Lipinski definition) is 0. The van der Waals surface area contributed by atoms with Crippen LogP contribution < -0.4 is 0 Å². The number of methoxy groups -OCH3 is 1. The molecule has 0 aliphatic heterocycles. The Morgan fingerprint density at radius 3 is 2.47 bits per heavy atom. The van der Waals surface area contributed by atoms with Gasteiger partial charge < -0.3 is 4.74 Å². The highest BCUT2D eigenvalue weighted by atomic mass is 79.9. The van der Waals surface area contributed by atoms with Gasteiger partial charge in [0.25, 0.3) is 0 Å². The fraction of sp³-hybridized carbons (Fsp3) is 0.0714. The lowest BCUT2D eigenvalue weighted by molar-refractivity contribution is 0.0603. The molecular weight excluding hydrogens is 308 g/mol. The number of carbonyl (C=O) groups excluding carboxylic acids is 1. The van der Waals surface area contributed by atoms with E-state index < -0.39 is 5.97 Å². The summed E-state index contributed by atoms with van der Waals surface area (Å²) in [7, 11) is 1.35. The molecule has 0 aliphatic carbocycles. The van der Waals surface area contributed by atoms with Crippen LogP contribution in [0.5, 0.6) is 0 Å². The fourth-order valence-electron chi connectivity index (χ4n) is 1.96. The van der Waals surface area contributed by atoms with E-state index in [-0.39, 0.29) is 0 Å². The average Bonchev–Trinajstić information content (AvgIpc) is 2.44. The van der Waals surface area contributed by atoms with E-state index in [4.69, 9.17) is 4.74 Å². The van der Waals surface area contributed by atoms with Crippen molar-refractivity contribution in [3.63, 3.8) is 0 Å². The minimum absolute atomic E-state index is 0.411. The second kappa shape index (κ2) is 4.59. The number of aromatic nitrogens is 2. The number of ether oxygens (including phenoxy) is 1. The first-order valence-electron chi connectivity index (χ1n) is 5.64. The predicted molar refractivity (Wildman–Crippen MR) is 76.1 cm³/mol. The number of para-hydroxylation sites is 2. The molecule has 3 rings (SSSR count). The smallest absolute Gasteiger partial charge is 0.340 e. The van der Waals surface area contributed by atoms with Crippen molar-refractivity contribution in [1.29, 1.82) is 0 Å². The summed E-state index contributed by atoms with van der Waals surface area (Å²) in [5.74, 6) is -0.411. The molecule has 4 nitrogen and oxygen atoms in total. The van der Waals surface area contributed by atoms with E-state index in [2.05, 4.69) is 25.9 Å². The van der Waals surface area contributed by atoms with E-state index in [1.165, 1.54) is 7.11 Å². The molecular formula is C14H9BrN2O2. The summed E-state index contributed by atoms with van der Waals surface area (Å²) >= 11 is 3.44. The topological polar surface area (TPSA) is 52.1 Å². The molecule has 2 aromatic carbocycles. The van der Waals surface area contributed by atoms with Crippen molar-refractivity contribution in [2.75, 3.05) is 7.11 Å². The van der Waals surface area contributed by atoms with Crippen molar-refractivity contribution < 1.29 is 9.53 Å². The number of halogens is 1. The Labute approximate surface area is 117 Å². The Morgan fingerprint density at radius 1 is 1.05 bits per heavy atom. The number of benzene rings is 2. The van der Waals surface area contributed by atoms with Crippen LogP contribution in [0.25, 0.3) is 22.1 Å². The lowest BCUT2D eigenvalue weighted by atomic mass is 10.1. The van der Waals surface area contributed by atoms with Gasteiger partial charge in [-0.05, 0) is 40.2 Å². The van der Waals surface area contributed by atoms with Gasteiger partial charge in [0.2, 0.25) is 0 Å². The summed E-state index contributed by atoms with van der Waals surface area (Å²) in [6.07, 6.45) is 0. The Balaban J connectivity index is 2.43. The Hall–Kier alpha value is -2.01. The zero-order chi connectivity index (χ0) is 13.4. The van der Waals surface area contributed by atoms with Crippen LogP contribution in [-0.4, -0.2) is 23.0 Å². The maximum atomic E-state index is 11.7. The van der Waals surface area contributed by atoms with E-state index in [0.717, 1.165) is 15.5 Å². The number of rotatable bonds is 1. The number of fused-ring (bicyclic) bond motifs is 2. The van der Waals surface area contributed by atoms with Gasteiger partial charge in [0.05, 0.1) is 23.7 Å². The van der Waals surface area contributed by atoms with Crippen LogP contribution in [-0.2, 0) is 4.74 Å². The molecule has 0 saturated carbocycles. The van der Waals surface area contributed by atoms with Crippen molar-refractivity contribution >= 4 is 44.0 Å². The normalized spacial score (nSPS) is 10.8. The highest BCUT2D eigenvalue weighted by Gasteiger charge is 2.13. The van der Waals surface area contributed by atoms with Crippen molar-refractivity contribution in [3.05, 3.63) is 46.4 Å². The minimum atomic E-state index is -0.411. The molecule has 5 heteroatoms. The van der Waals surface area contributed by atoms with Crippen LogP contribution in [0.3, 0.4) is 0 Å². The van der Waals surface area contributed by atoms with E-state index >= 15 is 0 Å².